The number of methoxy groups -OCH3 is 3. The van der Waals surface area contributed by atoms with Crippen molar-refractivity contribution in [2.75, 3.05) is 41.1 Å². The van der Waals surface area contributed by atoms with Crippen molar-refractivity contribution >= 4 is 35.2 Å². The van der Waals surface area contributed by atoms with E-state index in [1.807, 2.05) is 58.1 Å². The lowest BCUT2D eigenvalue weighted by Crippen LogP contribution is -2.59. The standard InChI is InChI=1S/C58H89NO16/c1-34-18-15-14-16-19-35(2)46(68-11)30-42-23-21-40(7)58(67,75-42)52(63)53(64)59-25-17-20-43(59)54(65)73-47(31-44(60)36(3)27-39(6)50(62)51(70-13)49(61)38(5)26-34)37(4)28-41-22-24-45(48(29-41)69-12)74-55(66)57(10)32-71-56(8,9)72-33-57/h14-16,18-19,27,34,36-38,40-43,45-48,50-51,62,67H,17,20-26,28-33H2,1-13H3/b16-14+,18-15+,35-19+,39-27+/t34-,36-,37+,38-,40-,41+,42+,43+,45-,46+,47+,48-,50-,51+,58-/m1/s1. The molecule has 15 atom stereocenters. The van der Waals surface area contributed by atoms with Crippen molar-refractivity contribution in [1.82, 2.24) is 4.90 Å². The van der Waals surface area contributed by atoms with Gasteiger partial charge in [0.05, 0.1) is 31.5 Å². The van der Waals surface area contributed by atoms with E-state index >= 15 is 0 Å². The number of nitrogens with zero attached hydrogens (tertiary/aromatic N) is 1. The van der Waals surface area contributed by atoms with Gasteiger partial charge in [-0.05, 0) is 121 Å². The topological polar surface area (TPSA) is 220 Å². The predicted molar refractivity (Wildman–Crippen MR) is 278 cm³/mol. The van der Waals surface area contributed by atoms with Crippen molar-refractivity contribution in [2.45, 2.75) is 200 Å². The molecule has 2 N–H and O–H groups in total. The minimum atomic E-state index is -2.45. The van der Waals surface area contributed by atoms with Gasteiger partial charge in [-0.2, -0.15) is 0 Å². The fraction of sp³-hybridized carbons (Fsp3) is 0.759. The third kappa shape index (κ3) is 15.9. The molecule has 422 valence electrons. The van der Waals surface area contributed by atoms with Gasteiger partial charge in [0, 0.05) is 58.5 Å². The molecule has 5 aliphatic rings. The summed E-state index contributed by atoms with van der Waals surface area (Å²) in [5.74, 6) is -9.63. The quantitative estimate of drug-likeness (QED) is 0.140. The van der Waals surface area contributed by atoms with E-state index in [1.165, 1.54) is 7.11 Å². The number of fused-ring (bicyclic) bond motifs is 3. The smallest absolute Gasteiger partial charge is 0.329 e. The van der Waals surface area contributed by atoms with Crippen LogP contribution in [-0.2, 0) is 66.7 Å². The second-order valence-electron chi connectivity index (χ2n) is 23.2. The number of Topliss-reactive ketones (excluding diaryl/α,β-unsaturated/α-hetero) is 3. The molecule has 1 amide bonds. The molecule has 0 radical (unpaired) electrons. The van der Waals surface area contributed by atoms with Gasteiger partial charge >= 0.3 is 11.9 Å². The third-order valence-corrected chi connectivity index (χ3v) is 16.4. The number of esters is 2. The summed E-state index contributed by atoms with van der Waals surface area (Å²) in [6.45, 7) is 18.3. The fourth-order valence-corrected chi connectivity index (χ4v) is 11.2. The van der Waals surface area contributed by atoms with Gasteiger partial charge in [0.1, 0.15) is 41.7 Å². The van der Waals surface area contributed by atoms with Crippen molar-refractivity contribution in [2.24, 2.45) is 40.9 Å². The lowest BCUT2D eigenvalue weighted by Gasteiger charge is -2.42. The van der Waals surface area contributed by atoms with Gasteiger partial charge < -0.3 is 53.0 Å². The van der Waals surface area contributed by atoms with Gasteiger partial charge in [0.15, 0.2) is 11.6 Å². The molecule has 4 aliphatic heterocycles. The second kappa shape index (κ2) is 27.1. The Kier molecular flexibility index (Phi) is 22.4. The van der Waals surface area contributed by atoms with E-state index in [0.29, 0.717) is 63.4 Å². The largest absolute Gasteiger partial charge is 0.460 e. The molecule has 4 fully saturated rings. The van der Waals surface area contributed by atoms with Crippen LogP contribution in [0.4, 0.5) is 0 Å². The predicted octanol–water partition coefficient (Wildman–Crippen LogP) is 7.13. The Morgan fingerprint density at radius 3 is 2.19 bits per heavy atom. The first-order valence-corrected chi connectivity index (χ1v) is 27.3. The molecular weight excluding hydrogens is 967 g/mol. The van der Waals surface area contributed by atoms with Crippen LogP contribution < -0.4 is 0 Å². The van der Waals surface area contributed by atoms with Crippen LogP contribution in [0.25, 0.3) is 0 Å². The summed E-state index contributed by atoms with van der Waals surface area (Å²) in [5.41, 5.74) is 0.242. The molecule has 75 heavy (non-hydrogen) atoms. The van der Waals surface area contributed by atoms with E-state index in [0.717, 1.165) is 10.5 Å². The van der Waals surface area contributed by atoms with Crippen LogP contribution >= 0.6 is 0 Å². The maximum Gasteiger partial charge on any atom is 0.329 e. The molecule has 0 unspecified atom stereocenters. The fourth-order valence-electron chi connectivity index (χ4n) is 11.2. The Morgan fingerprint density at radius 2 is 1.53 bits per heavy atom. The zero-order valence-corrected chi connectivity index (χ0v) is 47.0. The molecule has 2 bridgehead atoms. The monoisotopic (exact) mass is 1060 g/mol. The number of carbonyl (C=O) groups is 6. The van der Waals surface area contributed by atoms with E-state index < -0.39 is 113 Å². The zero-order chi connectivity index (χ0) is 55.6. The maximum absolute atomic E-state index is 14.5. The number of aliphatic hydroxyl groups is 2. The Hall–Kier alpha value is -3.94. The Labute approximate surface area is 445 Å². The number of cyclic esters (lactones) is 1. The van der Waals surface area contributed by atoms with Crippen LogP contribution in [-0.4, -0.2) is 152 Å². The van der Waals surface area contributed by atoms with E-state index in [-0.39, 0.29) is 56.0 Å². The van der Waals surface area contributed by atoms with E-state index in [2.05, 4.69) is 0 Å². The van der Waals surface area contributed by atoms with Gasteiger partial charge in [-0.15, -0.1) is 0 Å². The minimum Gasteiger partial charge on any atom is -0.460 e. The molecule has 0 aromatic rings. The maximum atomic E-state index is 14.5. The number of hydrogen-bond acceptors (Lipinski definition) is 16. The Morgan fingerprint density at radius 1 is 0.840 bits per heavy atom. The van der Waals surface area contributed by atoms with Crippen molar-refractivity contribution in [3.63, 3.8) is 0 Å². The van der Waals surface area contributed by atoms with Crippen LogP contribution in [0.3, 0.4) is 0 Å². The minimum absolute atomic E-state index is 0.00107. The number of carbonyl (C=O) groups excluding carboxylic acids is 6. The lowest BCUT2D eigenvalue weighted by molar-refractivity contribution is -0.283. The number of allylic oxidation sites excluding steroid dienone is 6. The number of amides is 1. The van der Waals surface area contributed by atoms with Crippen LogP contribution in [0, 0.1) is 40.9 Å². The summed E-state index contributed by atoms with van der Waals surface area (Å²) in [4.78, 5) is 85.7. The zero-order valence-electron chi connectivity index (χ0n) is 47.0. The summed E-state index contributed by atoms with van der Waals surface area (Å²) in [6.07, 6.45) is 9.81. The Balaban J connectivity index is 1.41. The molecule has 3 saturated heterocycles. The average Bonchev–Trinajstić information content (AvgIpc) is 3.87. The van der Waals surface area contributed by atoms with Crippen LogP contribution in [0.15, 0.2) is 47.6 Å². The molecule has 17 heteroatoms. The number of rotatable bonds is 8. The van der Waals surface area contributed by atoms with Gasteiger partial charge in [0.2, 0.25) is 5.79 Å². The van der Waals surface area contributed by atoms with Gasteiger partial charge in [-0.3, -0.25) is 24.0 Å². The summed E-state index contributed by atoms with van der Waals surface area (Å²) in [6, 6.07) is -1.17. The number of hydrogen-bond donors (Lipinski definition) is 2. The molecule has 0 aromatic heterocycles. The van der Waals surface area contributed by atoms with Crippen LogP contribution in [0.2, 0.25) is 0 Å². The summed E-state index contributed by atoms with van der Waals surface area (Å²) >= 11 is 0. The summed E-state index contributed by atoms with van der Waals surface area (Å²) in [7, 11) is 4.51. The summed E-state index contributed by atoms with van der Waals surface area (Å²) < 4.78 is 47.5. The van der Waals surface area contributed by atoms with Crippen LogP contribution in [0.1, 0.15) is 140 Å². The molecule has 5 rings (SSSR count). The van der Waals surface area contributed by atoms with E-state index in [4.69, 9.17) is 37.9 Å². The third-order valence-electron chi connectivity index (χ3n) is 16.4. The highest BCUT2D eigenvalue weighted by atomic mass is 16.7. The molecule has 0 aromatic carbocycles. The van der Waals surface area contributed by atoms with Gasteiger partial charge in [-0.1, -0.05) is 71.1 Å². The number of ketones is 3. The normalized spacial score (nSPS) is 39.0. The SMILES string of the molecule is CO[C@H]1C[C@@H]2CC[C@@H](C)[C@@](O)(O2)C(=O)C(=O)N2CCC[C@H]2C(=O)O[C@H]([C@@H](C)C[C@@H]2CC[C@@H](OC(=O)C3(C)COC(C)(C)OC3)[C@H](OC)C2)CC(=O)[C@H](C)/C=C(\C)[C@@H](O)[C@@H](OC)C(=O)[C@H](C)C[C@H](C)/C=C/C=C/C=C/1C. The molecule has 4 heterocycles. The van der Waals surface area contributed by atoms with Gasteiger partial charge in [0.25, 0.3) is 11.7 Å². The van der Waals surface area contributed by atoms with Crippen molar-refractivity contribution in [1.29, 1.82) is 0 Å². The Bertz CT molecular complexity index is 2120. The van der Waals surface area contributed by atoms with Gasteiger partial charge in [-0.25, -0.2) is 4.79 Å². The van der Waals surface area contributed by atoms with E-state index in [9.17, 15) is 39.0 Å². The summed E-state index contributed by atoms with van der Waals surface area (Å²) in [5, 5.41) is 23.5. The first-order valence-electron chi connectivity index (χ1n) is 27.3. The molecule has 0 spiro atoms. The first kappa shape index (κ1) is 61.9. The molecular formula is C58H89NO16. The lowest BCUT2D eigenvalue weighted by atomic mass is 9.78. The van der Waals surface area contributed by atoms with Crippen molar-refractivity contribution in [3.05, 3.63) is 47.6 Å². The van der Waals surface area contributed by atoms with Crippen LogP contribution in [0.5, 0.6) is 0 Å². The highest BCUT2D eigenvalue weighted by Gasteiger charge is 2.54. The van der Waals surface area contributed by atoms with E-state index in [1.54, 1.807) is 61.8 Å². The highest BCUT2D eigenvalue weighted by molar-refractivity contribution is 6.39. The molecule has 1 saturated carbocycles. The molecule has 1 aliphatic carbocycles. The average molecular weight is 1060 g/mol. The second-order valence-corrected chi connectivity index (χ2v) is 23.2. The number of aliphatic hydroxyl groups excluding tert-OH is 1. The highest BCUT2D eigenvalue weighted by Crippen LogP contribution is 2.39. The first-order chi connectivity index (χ1) is 35.3. The van der Waals surface area contributed by atoms with Crippen molar-refractivity contribution in [3.8, 4) is 0 Å². The van der Waals surface area contributed by atoms with Crippen molar-refractivity contribution < 1.29 is 76.9 Å². The molecule has 17 nitrogen and oxygen atoms in total. The number of ether oxygens (including phenoxy) is 8.